The molecule has 0 aromatic carbocycles. The summed E-state index contributed by atoms with van der Waals surface area (Å²) in [5.41, 5.74) is 0. The van der Waals surface area contributed by atoms with Crippen molar-refractivity contribution in [3.63, 3.8) is 0 Å². The molecule has 0 saturated carbocycles. The Kier molecular flexibility index (Phi) is 3.60. The smallest absolute Gasteiger partial charge is 0.251 e. The van der Waals surface area contributed by atoms with E-state index in [-0.39, 0.29) is 18.2 Å². The summed E-state index contributed by atoms with van der Waals surface area (Å²) in [4.78, 5) is 32.7. The fraction of sp³-hybridized carbons (Fsp3) is 0.455. The number of carbonyl (C=O) groups excluding carboxylic acids is 2. The van der Waals surface area contributed by atoms with Gasteiger partial charge in [-0.15, -0.1) is 0 Å². The third-order valence-electron chi connectivity index (χ3n) is 2.76. The molecule has 1 aliphatic heterocycles. The molecule has 2 rings (SSSR count). The Morgan fingerprint density at radius 3 is 2.78 bits per heavy atom. The van der Waals surface area contributed by atoms with Crippen molar-refractivity contribution < 1.29 is 9.59 Å². The molecular formula is C11H13BrN4O2. The number of imide groups is 1. The van der Waals surface area contributed by atoms with Crippen molar-refractivity contribution in [1.82, 2.24) is 14.9 Å². The summed E-state index contributed by atoms with van der Waals surface area (Å²) in [6.07, 6.45) is 0.865. The Labute approximate surface area is 113 Å². The number of aryl methyl sites for hydroxylation is 1. The van der Waals surface area contributed by atoms with Gasteiger partial charge in [0.05, 0.1) is 6.42 Å². The summed E-state index contributed by atoms with van der Waals surface area (Å²) in [6, 6.07) is 1.16. The van der Waals surface area contributed by atoms with Crippen LogP contribution < -0.4 is 5.32 Å². The van der Waals surface area contributed by atoms with Crippen molar-refractivity contribution in [2.24, 2.45) is 0 Å². The van der Waals surface area contributed by atoms with Crippen LogP contribution in [0.1, 0.15) is 19.2 Å². The van der Waals surface area contributed by atoms with Crippen LogP contribution in [0.4, 0.5) is 5.82 Å². The van der Waals surface area contributed by atoms with Gasteiger partial charge in [-0.05, 0) is 15.9 Å². The number of nitrogens with zero attached hydrogens (tertiary/aromatic N) is 3. The van der Waals surface area contributed by atoms with Crippen LogP contribution in [0.15, 0.2) is 10.7 Å². The Bertz CT molecular complexity index is 506. The van der Waals surface area contributed by atoms with Crippen LogP contribution >= 0.6 is 15.9 Å². The van der Waals surface area contributed by atoms with Crippen molar-refractivity contribution in [3.8, 4) is 0 Å². The number of amides is 2. The van der Waals surface area contributed by atoms with E-state index in [1.807, 2.05) is 6.92 Å². The molecule has 0 aliphatic carbocycles. The van der Waals surface area contributed by atoms with E-state index < -0.39 is 6.04 Å². The number of anilines is 1. The van der Waals surface area contributed by atoms with E-state index in [2.05, 4.69) is 31.2 Å². The minimum absolute atomic E-state index is 0.165. The average Bonchev–Trinajstić information content (AvgIpc) is 2.56. The molecule has 0 spiro atoms. The molecule has 7 heteroatoms. The topological polar surface area (TPSA) is 75.2 Å². The van der Waals surface area contributed by atoms with Gasteiger partial charge in [0.2, 0.25) is 5.91 Å². The summed E-state index contributed by atoms with van der Waals surface area (Å²) < 4.78 is 0.655. The van der Waals surface area contributed by atoms with Crippen molar-refractivity contribution in [2.45, 2.75) is 25.8 Å². The fourth-order valence-corrected chi connectivity index (χ4v) is 2.17. The molecule has 1 aliphatic rings. The van der Waals surface area contributed by atoms with E-state index in [0.29, 0.717) is 22.7 Å². The SMILES string of the molecule is CCc1nc(Br)cc(NC2CC(=O)N(C)C2=O)n1. The molecule has 1 aromatic heterocycles. The first kappa shape index (κ1) is 12.9. The van der Waals surface area contributed by atoms with Crippen molar-refractivity contribution in [3.05, 3.63) is 16.5 Å². The van der Waals surface area contributed by atoms with Crippen LogP contribution in [-0.4, -0.2) is 39.8 Å². The number of aromatic nitrogens is 2. The summed E-state index contributed by atoms with van der Waals surface area (Å²) >= 11 is 3.29. The maximum atomic E-state index is 11.7. The Balaban J connectivity index is 2.17. The minimum Gasteiger partial charge on any atom is -0.358 e. The van der Waals surface area contributed by atoms with E-state index >= 15 is 0 Å². The number of halogens is 1. The van der Waals surface area contributed by atoms with E-state index in [1.165, 1.54) is 7.05 Å². The number of likely N-dealkylation sites (tertiary alicyclic amines) is 1. The number of hydrogen-bond acceptors (Lipinski definition) is 5. The molecule has 1 saturated heterocycles. The van der Waals surface area contributed by atoms with Crippen molar-refractivity contribution in [2.75, 3.05) is 12.4 Å². The van der Waals surface area contributed by atoms with Crippen LogP contribution in [0, 0.1) is 0 Å². The van der Waals surface area contributed by atoms with Crippen LogP contribution in [0.5, 0.6) is 0 Å². The van der Waals surface area contributed by atoms with Gasteiger partial charge in [-0.3, -0.25) is 14.5 Å². The average molecular weight is 313 g/mol. The van der Waals surface area contributed by atoms with E-state index in [1.54, 1.807) is 6.07 Å². The number of rotatable bonds is 3. The lowest BCUT2D eigenvalue weighted by Crippen LogP contribution is -2.32. The number of nitrogens with one attached hydrogen (secondary N) is 1. The molecule has 1 fully saturated rings. The summed E-state index contributed by atoms with van der Waals surface area (Å²) in [7, 11) is 1.49. The molecule has 1 N–H and O–H groups in total. The monoisotopic (exact) mass is 312 g/mol. The first-order chi connectivity index (χ1) is 8.51. The molecule has 0 bridgehead atoms. The number of hydrogen-bond donors (Lipinski definition) is 1. The van der Waals surface area contributed by atoms with Crippen LogP contribution in [0.3, 0.4) is 0 Å². The standard InChI is InChI=1S/C11H13BrN4O2/c1-3-8-14-7(12)5-9(15-8)13-6-4-10(17)16(2)11(6)18/h5-6H,3-4H2,1-2H3,(H,13,14,15). The zero-order chi connectivity index (χ0) is 13.3. The maximum absolute atomic E-state index is 11.7. The second-order valence-electron chi connectivity index (χ2n) is 4.04. The predicted octanol–water partition coefficient (Wildman–Crippen LogP) is 0.971. The molecule has 1 unspecified atom stereocenters. The molecule has 1 aromatic rings. The predicted molar refractivity (Wildman–Crippen MR) is 68.9 cm³/mol. The highest BCUT2D eigenvalue weighted by Gasteiger charge is 2.36. The fourth-order valence-electron chi connectivity index (χ4n) is 1.74. The van der Waals surface area contributed by atoms with Gasteiger partial charge in [-0.2, -0.15) is 0 Å². The van der Waals surface area contributed by atoms with Crippen LogP contribution in [-0.2, 0) is 16.0 Å². The molecule has 96 valence electrons. The largest absolute Gasteiger partial charge is 0.358 e. The lowest BCUT2D eigenvalue weighted by Gasteiger charge is -2.12. The molecule has 18 heavy (non-hydrogen) atoms. The summed E-state index contributed by atoms with van der Waals surface area (Å²) in [5, 5.41) is 2.97. The molecule has 0 radical (unpaired) electrons. The Morgan fingerprint density at radius 2 is 2.22 bits per heavy atom. The first-order valence-electron chi connectivity index (χ1n) is 5.61. The van der Waals surface area contributed by atoms with Crippen LogP contribution in [0.2, 0.25) is 0 Å². The van der Waals surface area contributed by atoms with E-state index in [9.17, 15) is 9.59 Å². The Morgan fingerprint density at radius 1 is 1.50 bits per heavy atom. The second kappa shape index (κ2) is 5.01. The van der Waals surface area contributed by atoms with Gasteiger partial charge in [0.15, 0.2) is 0 Å². The van der Waals surface area contributed by atoms with Gasteiger partial charge in [0.25, 0.3) is 5.91 Å². The van der Waals surface area contributed by atoms with Gasteiger partial charge in [-0.1, -0.05) is 6.92 Å². The van der Waals surface area contributed by atoms with Gasteiger partial charge in [-0.25, -0.2) is 9.97 Å². The summed E-state index contributed by atoms with van der Waals surface area (Å²) in [5.74, 6) is 0.821. The van der Waals surface area contributed by atoms with Gasteiger partial charge < -0.3 is 5.32 Å². The normalized spacial score (nSPS) is 19.5. The van der Waals surface area contributed by atoms with Crippen molar-refractivity contribution in [1.29, 1.82) is 0 Å². The molecule has 2 amide bonds. The van der Waals surface area contributed by atoms with Gasteiger partial charge >= 0.3 is 0 Å². The first-order valence-corrected chi connectivity index (χ1v) is 6.41. The quantitative estimate of drug-likeness (QED) is 0.665. The molecule has 2 heterocycles. The zero-order valence-electron chi connectivity index (χ0n) is 10.1. The molecule has 1 atom stereocenters. The highest BCUT2D eigenvalue weighted by atomic mass is 79.9. The summed E-state index contributed by atoms with van der Waals surface area (Å²) in [6.45, 7) is 1.95. The highest BCUT2D eigenvalue weighted by Crippen LogP contribution is 2.18. The molecule has 6 nitrogen and oxygen atoms in total. The van der Waals surface area contributed by atoms with Crippen molar-refractivity contribution >= 4 is 33.6 Å². The highest BCUT2D eigenvalue weighted by molar-refractivity contribution is 9.10. The van der Waals surface area contributed by atoms with Gasteiger partial charge in [0, 0.05) is 19.5 Å². The third kappa shape index (κ3) is 2.50. The number of carbonyl (C=O) groups is 2. The zero-order valence-corrected chi connectivity index (χ0v) is 11.7. The Hall–Kier alpha value is -1.50. The van der Waals surface area contributed by atoms with Crippen LogP contribution in [0.25, 0.3) is 0 Å². The second-order valence-corrected chi connectivity index (χ2v) is 4.85. The van der Waals surface area contributed by atoms with E-state index in [4.69, 9.17) is 0 Å². The lowest BCUT2D eigenvalue weighted by molar-refractivity contribution is -0.136. The maximum Gasteiger partial charge on any atom is 0.251 e. The van der Waals surface area contributed by atoms with E-state index in [0.717, 1.165) is 4.90 Å². The molecular weight excluding hydrogens is 300 g/mol. The lowest BCUT2D eigenvalue weighted by atomic mass is 10.2. The minimum atomic E-state index is -0.533. The number of likely N-dealkylation sites (N-methyl/N-ethyl adjacent to an activating group) is 1. The van der Waals surface area contributed by atoms with Gasteiger partial charge in [0.1, 0.15) is 22.3 Å². The third-order valence-corrected chi connectivity index (χ3v) is 3.17.